The van der Waals surface area contributed by atoms with Gasteiger partial charge in [0.05, 0.1) is 5.60 Å². The Kier molecular flexibility index (Phi) is 5.50. The lowest BCUT2D eigenvalue weighted by Crippen LogP contribution is -2.35. The number of hydrogen-bond donors (Lipinski definition) is 2. The monoisotopic (exact) mass is 253 g/mol. The molecule has 0 radical (unpaired) electrons. The number of aliphatic hydroxyl groups is 1. The molecule has 5 nitrogen and oxygen atoms in total. The van der Waals surface area contributed by atoms with Crippen LogP contribution in [0.15, 0.2) is 6.07 Å². The van der Waals surface area contributed by atoms with Crippen LogP contribution in [0.5, 0.6) is 0 Å². The summed E-state index contributed by atoms with van der Waals surface area (Å²) in [6, 6.07) is 1.92. The topological polar surface area (TPSA) is 67.3 Å². The minimum atomic E-state index is -0.804. The number of rotatable bonds is 7. The number of nitrogens with zero attached hydrogens (tertiary/aromatic N) is 2. The van der Waals surface area contributed by atoms with Crippen molar-refractivity contribution in [3.05, 3.63) is 17.6 Å². The first-order valence-electron chi connectivity index (χ1n) is 6.26. The van der Waals surface area contributed by atoms with Crippen LogP contribution in [0.3, 0.4) is 0 Å². The zero-order valence-electron chi connectivity index (χ0n) is 11.7. The number of ether oxygens (including phenoxy) is 1. The third-order valence-corrected chi connectivity index (χ3v) is 2.75. The van der Waals surface area contributed by atoms with Gasteiger partial charge >= 0.3 is 0 Å². The highest BCUT2D eigenvalue weighted by Crippen LogP contribution is 2.12. The zero-order valence-corrected chi connectivity index (χ0v) is 11.7. The van der Waals surface area contributed by atoms with E-state index in [0.29, 0.717) is 19.6 Å². The predicted octanol–water partition coefficient (Wildman–Crippen LogP) is 1.55. The standard InChI is InChI=1S/C13H23N3O2/c1-5-11-8-12(16-10(2)15-11)14-9-13(3,17)6-7-18-4/h8,17H,5-7,9H2,1-4H3,(H,14,15,16). The van der Waals surface area contributed by atoms with Crippen molar-refractivity contribution in [2.24, 2.45) is 0 Å². The molecule has 102 valence electrons. The summed E-state index contributed by atoms with van der Waals surface area (Å²) in [4.78, 5) is 8.61. The summed E-state index contributed by atoms with van der Waals surface area (Å²) in [6.45, 7) is 6.69. The maximum absolute atomic E-state index is 10.1. The third-order valence-electron chi connectivity index (χ3n) is 2.75. The van der Waals surface area contributed by atoms with Crippen molar-refractivity contribution in [1.82, 2.24) is 9.97 Å². The van der Waals surface area contributed by atoms with Crippen molar-refractivity contribution in [2.75, 3.05) is 25.6 Å². The molecule has 0 fully saturated rings. The molecular formula is C13H23N3O2. The van der Waals surface area contributed by atoms with Crippen LogP contribution in [-0.2, 0) is 11.2 Å². The normalized spacial score (nSPS) is 14.3. The first kappa shape index (κ1) is 14.9. The Labute approximate surface area is 109 Å². The van der Waals surface area contributed by atoms with E-state index in [9.17, 15) is 5.11 Å². The first-order chi connectivity index (χ1) is 8.46. The van der Waals surface area contributed by atoms with Gasteiger partial charge in [-0.3, -0.25) is 0 Å². The highest BCUT2D eigenvalue weighted by molar-refractivity contribution is 5.36. The second-order valence-corrected chi connectivity index (χ2v) is 4.74. The Morgan fingerprint density at radius 2 is 2.17 bits per heavy atom. The van der Waals surface area contributed by atoms with Crippen LogP contribution < -0.4 is 5.32 Å². The van der Waals surface area contributed by atoms with Gasteiger partial charge in [0.2, 0.25) is 0 Å². The van der Waals surface area contributed by atoms with Gasteiger partial charge in [-0.2, -0.15) is 0 Å². The molecule has 1 heterocycles. The molecular weight excluding hydrogens is 230 g/mol. The van der Waals surface area contributed by atoms with Crippen LogP contribution in [0.4, 0.5) is 5.82 Å². The SMILES string of the molecule is CCc1cc(NCC(C)(O)CCOC)nc(C)n1. The fourth-order valence-corrected chi connectivity index (χ4v) is 1.59. The lowest BCUT2D eigenvalue weighted by molar-refractivity contribution is 0.0357. The fourth-order valence-electron chi connectivity index (χ4n) is 1.59. The molecule has 18 heavy (non-hydrogen) atoms. The molecule has 0 saturated heterocycles. The smallest absolute Gasteiger partial charge is 0.130 e. The number of anilines is 1. The van der Waals surface area contributed by atoms with Crippen molar-refractivity contribution in [2.45, 2.75) is 39.2 Å². The Morgan fingerprint density at radius 1 is 1.44 bits per heavy atom. The Hall–Kier alpha value is -1.20. The summed E-state index contributed by atoms with van der Waals surface area (Å²) < 4.78 is 4.97. The van der Waals surface area contributed by atoms with E-state index in [4.69, 9.17) is 4.74 Å². The molecule has 0 bridgehead atoms. The van der Waals surface area contributed by atoms with E-state index in [1.54, 1.807) is 14.0 Å². The maximum Gasteiger partial charge on any atom is 0.130 e. The minimum Gasteiger partial charge on any atom is -0.388 e. The van der Waals surface area contributed by atoms with Crippen LogP contribution in [0.2, 0.25) is 0 Å². The molecule has 0 amide bonds. The Balaban J connectivity index is 2.59. The maximum atomic E-state index is 10.1. The molecule has 1 rings (SSSR count). The molecule has 0 aromatic carbocycles. The van der Waals surface area contributed by atoms with E-state index in [1.165, 1.54) is 0 Å². The highest BCUT2D eigenvalue weighted by atomic mass is 16.5. The van der Waals surface area contributed by atoms with Crippen molar-refractivity contribution >= 4 is 5.82 Å². The molecule has 5 heteroatoms. The van der Waals surface area contributed by atoms with E-state index in [-0.39, 0.29) is 0 Å². The minimum absolute atomic E-state index is 0.440. The molecule has 1 atom stereocenters. The van der Waals surface area contributed by atoms with Crippen molar-refractivity contribution in [3.63, 3.8) is 0 Å². The van der Waals surface area contributed by atoms with Gasteiger partial charge in [-0.1, -0.05) is 6.92 Å². The fraction of sp³-hybridized carbons (Fsp3) is 0.692. The van der Waals surface area contributed by atoms with Gasteiger partial charge in [-0.15, -0.1) is 0 Å². The van der Waals surface area contributed by atoms with E-state index in [2.05, 4.69) is 22.2 Å². The van der Waals surface area contributed by atoms with Crippen molar-refractivity contribution in [1.29, 1.82) is 0 Å². The molecule has 0 spiro atoms. The molecule has 1 aromatic heterocycles. The van der Waals surface area contributed by atoms with Gasteiger partial charge < -0.3 is 15.2 Å². The third kappa shape index (κ3) is 4.98. The van der Waals surface area contributed by atoms with Crippen LogP contribution >= 0.6 is 0 Å². The van der Waals surface area contributed by atoms with Gasteiger partial charge in [0.15, 0.2) is 0 Å². The summed E-state index contributed by atoms with van der Waals surface area (Å²) in [7, 11) is 1.63. The first-order valence-corrected chi connectivity index (χ1v) is 6.26. The number of hydrogen-bond acceptors (Lipinski definition) is 5. The molecule has 1 aromatic rings. The number of aryl methyl sites for hydroxylation is 2. The van der Waals surface area contributed by atoms with E-state index < -0.39 is 5.60 Å². The summed E-state index contributed by atoms with van der Waals surface area (Å²) in [5.41, 5.74) is 0.197. The number of methoxy groups -OCH3 is 1. The summed E-state index contributed by atoms with van der Waals surface area (Å²) in [5.74, 6) is 1.51. The summed E-state index contributed by atoms with van der Waals surface area (Å²) in [6.07, 6.45) is 1.46. The van der Waals surface area contributed by atoms with Crippen LogP contribution in [0.25, 0.3) is 0 Å². The van der Waals surface area contributed by atoms with Crippen LogP contribution in [0.1, 0.15) is 31.8 Å². The molecule has 0 aliphatic rings. The molecule has 2 N–H and O–H groups in total. The average molecular weight is 253 g/mol. The van der Waals surface area contributed by atoms with Crippen molar-refractivity contribution in [3.8, 4) is 0 Å². The van der Waals surface area contributed by atoms with Gasteiger partial charge in [0.1, 0.15) is 11.6 Å². The quantitative estimate of drug-likeness (QED) is 0.771. The molecule has 0 saturated carbocycles. The van der Waals surface area contributed by atoms with Crippen molar-refractivity contribution < 1.29 is 9.84 Å². The predicted molar refractivity (Wildman–Crippen MR) is 71.8 cm³/mol. The van der Waals surface area contributed by atoms with Gasteiger partial charge in [0, 0.05) is 38.4 Å². The average Bonchev–Trinajstić information content (AvgIpc) is 2.33. The number of aromatic nitrogens is 2. The van der Waals surface area contributed by atoms with E-state index in [1.807, 2.05) is 13.0 Å². The Morgan fingerprint density at radius 3 is 2.78 bits per heavy atom. The second-order valence-electron chi connectivity index (χ2n) is 4.74. The van der Waals surface area contributed by atoms with Gasteiger partial charge in [-0.25, -0.2) is 9.97 Å². The Bertz CT molecular complexity index is 380. The lowest BCUT2D eigenvalue weighted by atomic mass is 10.0. The van der Waals surface area contributed by atoms with E-state index >= 15 is 0 Å². The van der Waals surface area contributed by atoms with Gasteiger partial charge in [0.25, 0.3) is 0 Å². The van der Waals surface area contributed by atoms with Crippen LogP contribution in [-0.4, -0.2) is 40.9 Å². The largest absolute Gasteiger partial charge is 0.388 e. The summed E-state index contributed by atoms with van der Waals surface area (Å²) >= 11 is 0. The van der Waals surface area contributed by atoms with Crippen LogP contribution in [0, 0.1) is 6.92 Å². The molecule has 0 aliphatic heterocycles. The summed E-state index contributed by atoms with van der Waals surface area (Å²) in [5, 5.41) is 13.3. The highest BCUT2D eigenvalue weighted by Gasteiger charge is 2.19. The molecule has 1 unspecified atom stereocenters. The van der Waals surface area contributed by atoms with Gasteiger partial charge in [-0.05, 0) is 20.3 Å². The lowest BCUT2D eigenvalue weighted by Gasteiger charge is -2.23. The van der Waals surface area contributed by atoms with E-state index in [0.717, 1.165) is 23.8 Å². The second kappa shape index (κ2) is 6.66. The zero-order chi connectivity index (χ0) is 13.6. The number of nitrogens with one attached hydrogen (secondary N) is 1. The molecule has 0 aliphatic carbocycles.